The van der Waals surface area contributed by atoms with E-state index in [0.29, 0.717) is 10.9 Å². The van der Waals surface area contributed by atoms with Crippen LogP contribution in [-0.2, 0) is 11.3 Å². The highest BCUT2D eigenvalue weighted by molar-refractivity contribution is 9.10. The highest BCUT2D eigenvalue weighted by Crippen LogP contribution is 2.15. The fraction of sp³-hybridized carbons (Fsp3) is 0.400. The van der Waals surface area contributed by atoms with Gasteiger partial charge in [0.2, 0.25) is 5.91 Å². The molecule has 1 aromatic carbocycles. The summed E-state index contributed by atoms with van der Waals surface area (Å²) in [5.41, 5.74) is 0.433. The third-order valence-electron chi connectivity index (χ3n) is 4.07. The number of rotatable bonds is 3. The Bertz CT molecular complexity index is 768. The predicted molar refractivity (Wildman–Crippen MR) is 87.7 cm³/mol. The van der Waals surface area contributed by atoms with Crippen LogP contribution in [0, 0.1) is 0 Å². The molecule has 0 spiro atoms. The lowest BCUT2D eigenvalue weighted by molar-refractivity contribution is -0.132. The Labute approximate surface area is 136 Å². The summed E-state index contributed by atoms with van der Waals surface area (Å²) in [5, 5.41) is 3.74. The lowest BCUT2D eigenvalue weighted by Gasteiger charge is -2.24. The molecule has 116 valence electrons. The van der Waals surface area contributed by atoms with Crippen molar-refractivity contribution < 1.29 is 4.79 Å². The first kappa shape index (κ1) is 15.2. The van der Waals surface area contributed by atoms with E-state index in [1.165, 1.54) is 10.9 Å². The third kappa shape index (κ3) is 2.91. The summed E-state index contributed by atoms with van der Waals surface area (Å²) in [5.74, 6) is -0.0769. The number of amides is 1. The molecule has 1 saturated heterocycles. The summed E-state index contributed by atoms with van der Waals surface area (Å²) in [7, 11) is 1.79. The minimum atomic E-state index is -0.197. The van der Waals surface area contributed by atoms with Crippen LogP contribution in [0.25, 0.3) is 10.9 Å². The molecule has 6 nitrogen and oxygen atoms in total. The molecule has 3 rings (SSSR count). The Balaban J connectivity index is 1.85. The van der Waals surface area contributed by atoms with E-state index in [0.717, 1.165) is 24.0 Å². The van der Waals surface area contributed by atoms with Gasteiger partial charge in [-0.25, -0.2) is 4.98 Å². The molecule has 1 N–H and O–H groups in total. The first-order valence-electron chi connectivity index (χ1n) is 7.17. The SMILES string of the molecule is CN(C(=O)Cn1cnc2ccc(Br)cc2c1=O)[C@H]1CCNC1. The fourth-order valence-electron chi connectivity index (χ4n) is 2.67. The number of benzene rings is 1. The predicted octanol–water partition coefficient (Wildman–Crippen LogP) is 0.979. The average molecular weight is 365 g/mol. The number of halogens is 1. The standard InChI is InChI=1S/C15H17BrN4O2/c1-19(11-4-5-17-7-11)14(21)8-20-9-18-13-3-2-10(16)6-12(13)15(20)22/h2-3,6,9,11,17H,4-5,7-8H2,1H3/t11-/m0/s1. The van der Waals surface area contributed by atoms with Crippen molar-refractivity contribution in [2.24, 2.45) is 0 Å². The summed E-state index contributed by atoms with van der Waals surface area (Å²) >= 11 is 3.35. The van der Waals surface area contributed by atoms with Crippen molar-refractivity contribution >= 4 is 32.7 Å². The van der Waals surface area contributed by atoms with Crippen LogP contribution >= 0.6 is 15.9 Å². The molecule has 7 heteroatoms. The number of fused-ring (bicyclic) bond motifs is 1. The maximum Gasteiger partial charge on any atom is 0.261 e. The number of carbonyl (C=O) groups is 1. The van der Waals surface area contributed by atoms with Gasteiger partial charge in [0.1, 0.15) is 6.54 Å². The van der Waals surface area contributed by atoms with Crippen LogP contribution in [-0.4, -0.2) is 46.5 Å². The van der Waals surface area contributed by atoms with Crippen molar-refractivity contribution in [1.82, 2.24) is 19.8 Å². The fourth-order valence-corrected chi connectivity index (χ4v) is 3.04. The topological polar surface area (TPSA) is 67.2 Å². The Morgan fingerprint density at radius 3 is 3.09 bits per heavy atom. The van der Waals surface area contributed by atoms with Gasteiger partial charge in [0, 0.05) is 24.1 Å². The summed E-state index contributed by atoms with van der Waals surface area (Å²) < 4.78 is 2.19. The molecule has 0 saturated carbocycles. The first-order chi connectivity index (χ1) is 10.6. The zero-order valence-corrected chi connectivity index (χ0v) is 13.8. The molecular formula is C15H17BrN4O2. The van der Waals surface area contributed by atoms with Crippen molar-refractivity contribution in [2.45, 2.75) is 19.0 Å². The molecular weight excluding hydrogens is 348 g/mol. The number of hydrogen-bond donors (Lipinski definition) is 1. The number of carbonyl (C=O) groups excluding carboxylic acids is 1. The molecule has 1 aliphatic rings. The number of nitrogens with zero attached hydrogens (tertiary/aromatic N) is 3. The Kier molecular flexibility index (Phi) is 4.26. The van der Waals surface area contributed by atoms with Crippen molar-refractivity contribution in [1.29, 1.82) is 0 Å². The lowest BCUT2D eigenvalue weighted by Crippen LogP contribution is -2.41. The normalized spacial score (nSPS) is 17.8. The second kappa shape index (κ2) is 6.18. The average Bonchev–Trinajstić information content (AvgIpc) is 3.04. The van der Waals surface area contributed by atoms with E-state index in [-0.39, 0.29) is 24.1 Å². The van der Waals surface area contributed by atoms with Crippen molar-refractivity contribution in [3.05, 3.63) is 39.4 Å². The quantitative estimate of drug-likeness (QED) is 0.881. The molecule has 1 amide bonds. The number of likely N-dealkylation sites (N-methyl/N-ethyl adjacent to an activating group) is 1. The van der Waals surface area contributed by atoms with Crippen molar-refractivity contribution in [3.8, 4) is 0 Å². The van der Waals surface area contributed by atoms with Crippen LogP contribution < -0.4 is 10.9 Å². The lowest BCUT2D eigenvalue weighted by atomic mass is 10.2. The highest BCUT2D eigenvalue weighted by Gasteiger charge is 2.23. The van der Waals surface area contributed by atoms with Crippen molar-refractivity contribution in [3.63, 3.8) is 0 Å². The zero-order chi connectivity index (χ0) is 15.7. The maximum atomic E-state index is 12.5. The number of nitrogens with one attached hydrogen (secondary N) is 1. The van der Waals surface area contributed by atoms with Gasteiger partial charge in [0.05, 0.1) is 17.2 Å². The van der Waals surface area contributed by atoms with Gasteiger partial charge in [0.25, 0.3) is 5.56 Å². The molecule has 22 heavy (non-hydrogen) atoms. The van der Waals surface area contributed by atoms with Crippen molar-refractivity contribution in [2.75, 3.05) is 20.1 Å². The van der Waals surface area contributed by atoms with Gasteiger partial charge < -0.3 is 10.2 Å². The Hall–Kier alpha value is -1.73. The molecule has 2 aromatic rings. The highest BCUT2D eigenvalue weighted by atomic mass is 79.9. The maximum absolute atomic E-state index is 12.5. The van der Waals surface area contributed by atoms with Gasteiger partial charge in [-0.05, 0) is 31.2 Å². The summed E-state index contributed by atoms with van der Waals surface area (Å²) in [6, 6.07) is 5.55. The molecule has 0 unspecified atom stereocenters. The van der Waals surface area contributed by atoms with Crippen LogP contribution in [0.2, 0.25) is 0 Å². The number of hydrogen-bond acceptors (Lipinski definition) is 4. The second-order valence-corrected chi connectivity index (χ2v) is 6.41. The largest absolute Gasteiger partial charge is 0.340 e. The molecule has 1 aromatic heterocycles. The minimum Gasteiger partial charge on any atom is -0.340 e. The van der Waals surface area contributed by atoms with Gasteiger partial charge in [-0.1, -0.05) is 15.9 Å². The third-order valence-corrected chi connectivity index (χ3v) is 4.56. The van der Waals surface area contributed by atoms with Crippen LogP contribution in [0.1, 0.15) is 6.42 Å². The van der Waals surface area contributed by atoms with Gasteiger partial charge in [0.15, 0.2) is 0 Å². The van der Waals surface area contributed by atoms with E-state index >= 15 is 0 Å². The van der Waals surface area contributed by atoms with E-state index in [2.05, 4.69) is 26.2 Å². The van der Waals surface area contributed by atoms with Gasteiger partial charge in [-0.2, -0.15) is 0 Å². The molecule has 0 aliphatic carbocycles. The Morgan fingerprint density at radius 1 is 1.55 bits per heavy atom. The van der Waals surface area contributed by atoms with Crippen LogP contribution in [0.15, 0.2) is 33.8 Å². The van der Waals surface area contributed by atoms with E-state index in [4.69, 9.17) is 0 Å². The molecule has 0 bridgehead atoms. The van der Waals surface area contributed by atoms with Gasteiger partial charge >= 0.3 is 0 Å². The van der Waals surface area contributed by atoms with E-state index < -0.39 is 0 Å². The van der Waals surface area contributed by atoms with E-state index in [9.17, 15) is 9.59 Å². The van der Waals surface area contributed by atoms with Crippen LogP contribution in [0.4, 0.5) is 0 Å². The second-order valence-electron chi connectivity index (χ2n) is 5.49. The summed E-state index contributed by atoms with van der Waals surface area (Å²) in [6.07, 6.45) is 2.39. The summed E-state index contributed by atoms with van der Waals surface area (Å²) in [6.45, 7) is 1.75. The Morgan fingerprint density at radius 2 is 2.36 bits per heavy atom. The van der Waals surface area contributed by atoms with Crippen LogP contribution in [0.5, 0.6) is 0 Å². The minimum absolute atomic E-state index is 0.0152. The molecule has 1 aliphatic heterocycles. The van der Waals surface area contributed by atoms with Crippen LogP contribution in [0.3, 0.4) is 0 Å². The zero-order valence-electron chi connectivity index (χ0n) is 12.3. The van der Waals surface area contributed by atoms with E-state index in [1.807, 2.05) is 6.07 Å². The smallest absolute Gasteiger partial charge is 0.261 e. The molecule has 1 atom stereocenters. The molecule has 1 fully saturated rings. The monoisotopic (exact) mass is 364 g/mol. The first-order valence-corrected chi connectivity index (χ1v) is 7.96. The van der Waals surface area contributed by atoms with E-state index in [1.54, 1.807) is 24.1 Å². The molecule has 2 heterocycles. The number of aromatic nitrogens is 2. The van der Waals surface area contributed by atoms with Gasteiger partial charge in [-0.15, -0.1) is 0 Å². The molecule has 0 radical (unpaired) electrons. The van der Waals surface area contributed by atoms with Gasteiger partial charge in [-0.3, -0.25) is 14.2 Å². The summed E-state index contributed by atoms with van der Waals surface area (Å²) in [4.78, 5) is 30.8.